The Morgan fingerprint density at radius 1 is 0.674 bits per heavy atom. The minimum Gasteiger partial charge on any atom is -0.457 e. The Hall–Kier alpha value is -5.55. The number of anilines is 3. The second-order valence-corrected chi connectivity index (χ2v) is 12.9. The number of rotatable bonds is 5. The van der Waals surface area contributed by atoms with Crippen LogP contribution in [0.25, 0.3) is 38.8 Å². The molecule has 5 heteroatoms. The summed E-state index contributed by atoms with van der Waals surface area (Å²) in [5.41, 5.74) is 7.94. The molecule has 0 amide bonds. The van der Waals surface area contributed by atoms with Gasteiger partial charge in [0.2, 0.25) is 0 Å². The molecule has 226 valence electrons. The molecule has 0 unspecified atom stereocenters. The fourth-order valence-electron chi connectivity index (χ4n) is 6.41. The molecular weight excluding hydrogens is 564 g/mol. The van der Waals surface area contributed by atoms with Gasteiger partial charge in [-0.25, -0.2) is 4.98 Å². The summed E-state index contributed by atoms with van der Waals surface area (Å²) in [5.74, 6) is 2.20. The molecule has 0 radical (unpaired) electrons. The van der Waals surface area contributed by atoms with Crippen LogP contribution in [-0.4, -0.2) is 23.2 Å². The summed E-state index contributed by atoms with van der Waals surface area (Å²) < 4.78 is 33.0. The van der Waals surface area contributed by atoms with Gasteiger partial charge in [-0.1, -0.05) is 75.4 Å². The lowest BCUT2D eigenvalue weighted by molar-refractivity contribution is 0.483. The molecule has 0 fully saturated rings. The van der Waals surface area contributed by atoms with E-state index in [1.807, 2.05) is 71.8 Å². The van der Waals surface area contributed by atoms with E-state index in [0.29, 0.717) is 17.2 Å². The molecule has 7 aromatic rings. The van der Waals surface area contributed by atoms with E-state index in [1.165, 1.54) is 16.0 Å². The first kappa shape index (κ1) is 24.7. The molecule has 0 aliphatic carbocycles. The van der Waals surface area contributed by atoms with Gasteiger partial charge in [0.1, 0.15) is 17.3 Å². The predicted molar refractivity (Wildman–Crippen MR) is 191 cm³/mol. The number of benzene rings is 5. The molecule has 3 heterocycles. The van der Waals surface area contributed by atoms with Gasteiger partial charge in [0.05, 0.1) is 29.1 Å². The van der Waals surface area contributed by atoms with E-state index in [-0.39, 0.29) is 12.1 Å². The van der Waals surface area contributed by atoms with Gasteiger partial charge in [0.15, 0.2) is 0 Å². The Morgan fingerprint density at radius 3 is 2.30 bits per heavy atom. The number of hydrogen-bond acceptors (Lipinski definition) is 4. The monoisotopic (exact) mass is 603 g/mol. The van der Waals surface area contributed by atoms with Crippen molar-refractivity contribution in [1.82, 2.24) is 9.55 Å². The molecular formula is C41H36N4O. The lowest BCUT2D eigenvalue weighted by Crippen LogP contribution is -2.23. The van der Waals surface area contributed by atoms with Crippen LogP contribution in [0.3, 0.4) is 0 Å². The van der Waals surface area contributed by atoms with Gasteiger partial charge in [-0.05, 0) is 82.8 Å². The van der Waals surface area contributed by atoms with E-state index in [2.05, 4.69) is 92.1 Å². The summed E-state index contributed by atoms with van der Waals surface area (Å²) >= 11 is 0. The number of ether oxygens (including phenoxy) is 1. The third-order valence-electron chi connectivity index (χ3n) is 8.80. The fourth-order valence-corrected chi connectivity index (χ4v) is 6.41. The molecule has 8 rings (SSSR count). The molecule has 0 atom stereocenters. The minimum atomic E-state index is -2.25. The molecule has 0 spiro atoms. The zero-order valence-corrected chi connectivity index (χ0v) is 26.1. The first-order chi connectivity index (χ1) is 23.5. The third kappa shape index (κ3) is 4.85. The van der Waals surface area contributed by atoms with Gasteiger partial charge >= 0.3 is 0 Å². The number of pyridine rings is 1. The van der Waals surface area contributed by atoms with Crippen molar-refractivity contribution in [2.24, 2.45) is 0 Å². The van der Waals surface area contributed by atoms with Crippen molar-refractivity contribution in [3.63, 3.8) is 0 Å². The van der Waals surface area contributed by atoms with Crippen LogP contribution >= 0.6 is 0 Å². The smallest absolute Gasteiger partial charge is 0.137 e. The van der Waals surface area contributed by atoms with Crippen molar-refractivity contribution < 1.29 is 8.85 Å². The fraction of sp³-hybridized carbons (Fsp3) is 0.146. The van der Waals surface area contributed by atoms with Gasteiger partial charge in [-0.2, -0.15) is 0 Å². The van der Waals surface area contributed by atoms with E-state index < -0.39 is 6.98 Å². The zero-order chi connectivity index (χ0) is 33.9. The molecule has 0 saturated heterocycles. The maximum atomic E-state index is 8.09. The van der Waals surface area contributed by atoms with Crippen molar-refractivity contribution >= 4 is 38.9 Å². The van der Waals surface area contributed by atoms with Crippen molar-refractivity contribution in [3.05, 3.63) is 139 Å². The molecule has 46 heavy (non-hydrogen) atoms. The second kappa shape index (κ2) is 10.8. The highest BCUT2D eigenvalue weighted by atomic mass is 16.5. The minimum absolute atomic E-state index is 0.0351. The van der Waals surface area contributed by atoms with E-state index >= 15 is 0 Å². The quantitative estimate of drug-likeness (QED) is 0.196. The third-order valence-corrected chi connectivity index (χ3v) is 8.80. The first-order valence-electron chi connectivity index (χ1n) is 17.1. The number of para-hydroxylation sites is 2. The topological polar surface area (TPSA) is 33.5 Å². The van der Waals surface area contributed by atoms with E-state index in [0.717, 1.165) is 44.6 Å². The van der Waals surface area contributed by atoms with E-state index in [1.54, 1.807) is 0 Å². The first-order valence-corrected chi connectivity index (χ1v) is 15.6. The van der Waals surface area contributed by atoms with Gasteiger partial charge in [0, 0.05) is 45.9 Å². The molecule has 1 aliphatic heterocycles. The summed E-state index contributed by atoms with van der Waals surface area (Å²) in [6.07, 6.45) is 1.89. The second-order valence-electron chi connectivity index (χ2n) is 12.9. The lowest BCUT2D eigenvalue weighted by atomic mass is 9.88. The Morgan fingerprint density at radius 2 is 1.48 bits per heavy atom. The van der Waals surface area contributed by atoms with Crippen molar-refractivity contribution in [2.45, 2.75) is 26.2 Å². The van der Waals surface area contributed by atoms with Crippen LogP contribution in [0.4, 0.5) is 17.1 Å². The van der Waals surface area contributed by atoms with Crippen LogP contribution in [0.15, 0.2) is 134 Å². The normalized spacial score (nSPS) is 14.3. The zero-order valence-electron chi connectivity index (χ0n) is 29.1. The Bertz CT molecular complexity index is 2340. The maximum Gasteiger partial charge on any atom is 0.137 e. The van der Waals surface area contributed by atoms with Crippen molar-refractivity contribution in [1.29, 1.82) is 0 Å². The van der Waals surface area contributed by atoms with E-state index in [9.17, 15) is 0 Å². The Balaban J connectivity index is 1.22. The number of nitrogens with zero attached hydrogens (tertiary/aromatic N) is 4. The summed E-state index contributed by atoms with van der Waals surface area (Å²) in [6, 6.07) is 42.9. The van der Waals surface area contributed by atoms with Crippen molar-refractivity contribution in [3.8, 4) is 28.4 Å². The summed E-state index contributed by atoms with van der Waals surface area (Å²) in [7, 11) is 0. The van der Waals surface area contributed by atoms with Crippen LogP contribution in [0.1, 0.15) is 30.4 Å². The largest absolute Gasteiger partial charge is 0.457 e. The summed E-state index contributed by atoms with van der Waals surface area (Å²) in [6.45, 7) is 4.61. The van der Waals surface area contributed by atoms with Crippen LogP contribution in [0.5, 0.6) is 11.5 Å². The molecule has 0 saturated carbocycles. The van der Waals surface area contributed by atoms with Crippen LogP contribution in [-0.2, 0) is 5.41 Å². The van der Waals surface area contributed by atoms with Crippen LogP contribution in [0.2, 0.25) is 0 Å². The highest BCUT2D eigenvalue weighted by molar-refractivity contribution is 6.10. The number of fused-ring (bicyclic) bond motifs is 4. The lowest BCUT2D eigenvalue weighted by Gasteiger charge is -2.20. The summed E-state index contributed by atoms with van der Waals surface area (Å²) in [5, 5.41) is 2.25. The average Bonchev–Trinajstić information content (AvgIpc) is 3.65. The standard InChI is InChI=1S/C41H36N4O/c1-41(2,3)30-21-22-42-40(24-30)45-36-20-17-29(28-11-6-5-7-12-28)23-35(36)34-19-18-33(26-39(34)45)46-32-14-10-13-31(25-32)44-27-43(4)37-15-8-9-16-38(37)44/h5-26H,27H2,1-4H3/i4D3. The maximum absolute atomic E-state index is 8.09. The van der Waals surface area contributed by atoms with Gasteiger partial charge in [-0.3, -0.25) is 4.57 Å². The van der Waals surface area contributed by atoms with Gasteiger partial charge in [0.25, 0.3) is 0 Å². The van der Waals surface area contributed by atoms with Gasteiger partial charge in [-0.15, -0.1) is 0 Å². The van der Waals surface area contributed by atoms with Crippen molar-refractivity contribution in [2.75, 3.05) is 23.4 Å². The molecule has 0 bridgehead atoms. The number of aromatic nitrogens is 2. The highest BCUT2D eigenvalue weighted by Gasteiger charge is 2.24. The average molecular weight is 604 g/mol. The Kier molecular flexibility index (Phi) is 5.81. The molecule has 2 aromatic heterocycles. The summed E-state index contributed by atoms with van der Waals surface area (Å²) in [4.78, 5) is 8.32. The van der Waals surface area contributed by atoms with Crippen LogP contribution in [0, 0.1) is 0 Å². The SMILES string of the molecule is [2H]C([2H])([2H])N1CN(c2cccc(Oc3ccc4c5cc(-c6ccccc6)ccc5n(-c5cc(C(C)(C)C)ccn5)c4c3)c2)c2ccccc21. The molecule has 5 aromatic carbocycles. The molecule has 1 aliphatic rings. The predicted octanol–water partition coefficient (Wildman–Crippen LogP) is 10.5. The molecule has 5 nitrogen and oxygen atoms in total. The van der Waals surface area contributed by atoms with Gasteiger partial charge < -0.3 is 14.5 Å². The van der Waals surface area contributed by atoms with Crippen LogP contribution < -0.4 is 14.5 Å². The van der Waals surface area contributed by atoms with E-state index in [4.69, 9.17) is 13.8 Å². The molecule has 0 N–H and O–H groups in total. The highest BCUT2D eigenvalue weighted by Crippen LogP contribution is 2.41. The number of hydrogen-bond donors (Lipinski definition) is 0. The Labute approximate surface area is 274 Å².